The van der Waals surface area contributed by atoms with E-state index in [-0.39, 0.29) is 0 Å². The van der Waals surface area contributed by atoms with Crippen molar-refractivity contribution in [3.63, 3.8) is 0 Å². The summed E-state index contributed by atoms with van der Waals surface area (Å²) in [6.45, 7) is 6.67. The standard InChI is InChI=1S/C19H20NOSi/c1-12-10-13-6-4-7-14(16(13)11-12)18-15(19(20)21)8-5-9-17(18)22(2)3/h4-8,11,20H,9-10H2,1-3H3. The Morgan fingerprint density at radius 1 is 1.27 bits per heavy atom. The molecule has 0 aromatic heterocycles. The summed E-state index contributed by atoms with van der Waals surface area (Å²) in [6, 6.07) is 6.35. The molecule has 0 saturated heterocycles. The van der Waals surface area contributed by atoms with E-state index in [1.807, 2.05) is 12.2 Å². The largest absolute Gasteiger partial charge is 0.270 e. The molecule has 1 amide bonds. The van der Waals surface area contributed by atoms with E-state index < -0.39 is 14.3 Å². The van der Waals surface area contributed by atoms with E-state index >= 15 is 0 Å². The van der Waals surface area contributed by atoms with Crippen LogP contribution >= 0.6 is 0 Å². The van der Waals surface area contributed by atoms with Crippen LogP contribution in [0.4, 0.5) is 0 Å². The first-order valence-electron chi connectivity index (χ1n) is 7.62. The Morgan fingerprint density at radius 3 is 2.73 bits per heavy atom. The molecule has 0 spiro atoms. The van der Waals surface area contributed by atoms with Gasteiger partial charge in [0.05, 0.1) is 0 Å². The van der Waals surface area contributed by atoms with Crippen molar-refractivity contribution in [3.05, 3.63) is 58.2 Å². The highest BCUT2D eigenvalue weighted by atomic mass is 28.2. The van der Waals surface area contributed by atoms with Crippen LogP contribution in [-0.4, -0.2) is 19.5 Å². The van der Waals surface area contributed by atoms with Gasteiger partial charge in [0.15, 0.2) is 0 Å². The Balaban J connectivity index is 2.33. The number of hydrogen-bond donors (Lipinski definition) is 0. The van der Waals surface area contributed by atoms with Crippen molar-refractivity contribution in [2.45, 2.75) is 32.9 Å². The second-order valence-electron chi connectivity index (χ2n) is 6.25. The van der Waals surface area contributed by atoms with Gasteiger partial charge >= 0.3 is 0 Å². The zero-order valence-corrected chi connectivity index (χ0v) is 14.3. The maximum atomic E-state index is 11.9. The van der Waals surface area contributed by atoms with Gasteiger partial charge in [-0.1, -0.05) is 60.3 Å². The molecule has 2 aliphatic carbocycles. The lowest BCUT2D eigenvalue weighted by molar-refractivity contribution is -0.114. The Bertz CT molecular complexity index is 790. The van der Waals surface area contributed by atoms with Gasteiger partial charge in [0.2, 0.25) is 0 Å². The summed E-state index contributed by atoms with van der Waals surface area (Å²) in [5.41, 5.74) is 14.3. The zero-order chi connectivity index (χ0) is 15.9. The van der Waals surface area contributed by atoms with Crippen molar-refractivity contribution in [2.24, 2.45) is 0 Å². The Morgan fingerprint density at radius 2 is 2.05 bits per heavy atom. The van der Waals surface area contributed by atoms with Crippen LogP contribution < -0.4 is 5.73 Å². The van der Waals surface area contributed by atoms with Crippen molar-refractivity contribution in [3.8, 4) is 0 Å². The molecule has 22 heavy (non-hydrogen) atoms. The van der Waals surface area contributed by atoms with Crippen molar-refractivity contribution < 1.29 is 4.79 Å². The van der Waals surface area contributed by atoms with Crippen LogP contribution in [0.2, 0.25) is 13.1 Å². The van der Waals surface area contributed by atoms with E-state index in [1.54, 1.807) is 0 Å². The fourth-order valence-electron chi connectivity index (χ4n) is 3.35. The van der Waals surface area contributed by atoms with Crippen LogP contribution in [0.3, 0.4) is 0 Å². The number of carbonyl (C=O) groups excluding carboxylic acids is 1. The maximum absolute atomic E-state index is 11.9. The second kappa shape index (κ2) is 5.65. The van der Waals surface area contributed by atoms with Crippen molar-refractivity contribution in [2.75, 3.05) is 0 Å². The van der Waals surface area contributed by atoms with Gasteiger partial charge in [0, 0.05) is 14.0 Å². The SMILES string of the molecule is CC1=Cc2c(cccc2C2=C(C([NH])=O)C=CCC2=[Si](C)C)C1. The van der Waals surface area contributed by atoms with Gasteiger partial charge in [-0.25, -0.2) is 0 Å². The molecule has 111 valence electrons. The lowest BCUT2D eigenvalue weighted by Crippen LogP contribution is -2.19. The minimum atomic E-state index is -0.675. The number of fused-ring (bicyclic) bond motifs is 1. The molecule has 3 heteroatoms. The van der Waals surface area contributed by atoms with Crippen LogP contribution in [0.1, 0.15) is 30.0 Å². The van der Waals surface area contributed by atoms with Crippen LogP contribution in [0.5, 0.6) is 0 Å². The summed E-state index contributed by atoms with van der Waals surface area (Å²) in [6.07, 6.45) is 7.99. The molecular formula is C19H20NOSi. The molecule has 0 heterocycles. The van der Waals surface area contributed by atoms with Gasteiger partial charge in [-0.2, -0.15) is 0 Å². The highest BCUT2D eigenvalue weighted by Gasteiger charge is 2.24. The van der Waals surface area contributed by atoms with Crippen molar-refractivity contribution >= 4 is 31.1 Å². The summed E-state index contributed by atoms with van der Waals surface area (Å²) in [5, 5.41) is 1.36. The van der Waals surface area contributed by atoms with E-state index in [9.17, 15) is 4.79 Å². The fourth-order valence-corrected chi connectivity index (χ4v) is 4.64. The molecule has 1 N–H and O–H groups in total. The molecule has 3 rings (SSSR count). The third kappa shape index (κ3) is 2.46. The summed E-state index contributed by atoms with van der Waals surface area (Å²) < 4.78 is 0. The monoisotopic (exact) mass is 306 g/mol. The number of carbonyl (C=O) groups is 1. The minimum absolute atomic E-state index is 0.554. The van der Waals surface area contributed by atoms with Crippen molar-refractivity contribution in [1.29, 1.82) is 0 Å². The first-order valence-corrected chi connectivity index (χ1v) is 10.1. The lowest BCUT2D eigenvalue weighted by atomic mass is 9.87. The molecule has 0 atom stereocenters. The molecule has 2 aliphatic rings. The Kier molecular flexibility index (Phi) is 3.83. The van der Waals surface area contributed by atoms with Crippen LogP contribution in [0.15, 0.2) is 41.5 Å². The summed E-state index contributed by atoms with van der Waals surface area (Å²) >= 11 is 0. The van der Waals surface area contributed by atoms with E-state index in [0.29, 0.717) is 5.57 Å². The van der Waals surface area contributed by atoms with E-state index in [1.165, 1.54) is 21.9 Å². The molecular weight excluding hydrogens is 286 g/mol. The molecule has 2 nitrogen and oxygen atoms in total. The third-order valence-electron chi connectivity index (χ3n) is 4.35. The van der Waals surface area contributed by atoms with Gasteiger partial charge < -0.3 is 0 Å². The van der Waals surface area contributed by atoms with Gasteiger partial charge in [-0.3, -0.25) is 10.5 Å². The van der Waals surface area contributed by atoms with Crippen molar-refractivity contribution in [1.82, 2.24) is 5.73 Å². The highest BCUT2D eigenvalue weighted by molar-refractivity contribution is 6.77. The molecule has 0 saturated carbocycles. The van der Waals surface area contributed by atoms with E-state index in [0.717, 1.165) is 24.0 Å². The molecule has 1 aromatic rings. The smallest absolute Gasteiger partial charge is 0.267 e. The molecule has 0 fully saturated rings. The molecule has 0 bridgehead atoms. The van der Waals surface area contributed by atoms with Gasteiger partial charge in [-0.15, -0.1) is 0 Å². The predicted molar refractivity (Wildman–Crippen MR) is 95.1 cm³/mol. The zero-order valence-electron chi connectivity index (χ0n) is 13.3. The normalized spacial score (nSPS) is 16.7. The highest BCUT2D eigenvalue weighted by Crippen LogP contribution is 2.35. The van der Waals surface area contributed by atoms with Gasteiger partial charge in [-0.05, 0) is 42.0 Å². The van der Waals surface area contributed by atoms with Gasteiger partial charge in [0.1, 0.15) is 0 Å². The Hall–Kier alpha value is -2.00. The number of allylic oxidation sites excluding steroid dienone is 3. The molecule has 0 aliphatic heterocycles. The quantitative estimate of drug-likeness (QED) is 0.768. The number of benzene rings is 1. The molecule has 1 aromatic carbocycles. The number of hydrogen-bond acceptors (Lipinski definition) is 1. The van der Waals surface area contributed by atoms with E-state index in [4.69, 9.17) is 5.73 Å². The van der Waals surface area contributed by atoms with Crippen LogP contribution in [-0.2, 0) is 11.2 Å². The second-order valence-corrected chi connectivity index (χ2v) is 8.85. The van der Waals surface area contributed by atoms with Gasteiger partial charge in [0.25, 0.3) is 5.91 Å². The Labute approximate surface area is 133 Å². The first-order chi connectivity index (χ1) is 10.5. The third-order valence-corrected chi connectivity index (χ3v) is 6.01. The minimum Gasteiger partial charge on any atom is -0.267 e. The average Bonchev–Trinajstić information content (AvgIpc) is 2.86. The fraction of sp³-hybridized carbons (Fsp3) is 0.263. The number of rotatable bonds is 2. The molecule has 0 unspecified atom stereocenters. The summed E-state index contributed by atoms with van der Waals surface area (Å²) in [5.74, 6) is -0.581. The lowest BCUT2D eigenvalue weighted by Gasteiger charge is -2.21. The van der Waals surface area contributed by atoms with E-state index in [2.05, 4.69) is 44.3 Å². The summed E-state index contributed by atoms with van der Waals surface area (Å²) in [7, 11) is -0.675. The molecule has 1 radical (unpaired) electrons. The topological polar surface area (TPSA) is 40.9 Å². The average molecular weight is 306 g/mol. The van der Waals surface area contributed by atoms with Crippen LogP contribution in [0, 0.1) is 0 Å². The number of nitrogens with one attached hydrogen (secondary N) is 1. The maximum Gasteiger partial charge on any atom is 0.270 e. The first kappa shape index (κ1) is 14.9. The van der Waals surface area contributed by atoms with Crippen LogP contribution in [0.25, 0.3) is 11.6 Å². The predicted octanol–water partition coefficient (Wildman–Crippen LogP) is 3.68. The number of amides is 1. The summed E-state index contributed by atoms with van der Waals surface area (Å²) in [4.78, 5) is 11.9.